The lowest BCUT2D eigenvalue weighted by molar-refractivity contribution is -0.384. The van der Waals surface area contributed by atoms with Crippen LogP contribution in [-0.4, -0.2) is 33.9 Å². The van der Waals surface area contributed by atoms with Gasteiger partial charge in [0.05, 0.1) is 34.2 Å². The van der Waals surface area contributed by atoms with Crippen molar-refractivity contribution in [1.82, 2.24) is 0 Å². The molecule has 0 unspecified atom stereocenters. The zero-order chi connectivity index (χ0) is 14.6. The molecule has 1 aromatic carbocycles. The minimum Gasteiger partial charge on any atom is -0.394 e. The Bertz CT molecular complexity index is 472. The lowest BCUT2D eigenvalue weighted by Crippen LogP contribution is -2.45. The molecule has 0 saturated carbocycles. The van der Waals surface area contributed by atoms with Gasteiger partial charge in [0, 0.05) is 0 Å². The van der Waals surface area contributed by atoms with E-state index in [1.165, 1.54) is 6.07 Å². The molecule has 1 aromatic rings. The molecule has 8 heteroatoms. The Morgan fingerprint density at radius 2 is 2.05 bits per heavy atom. The van der Waals surface area contributed by atoms with E-state index in [0.29, 0.717) is 6.42 Å². The number of halogens is 2. The van der Waals surface area contributed by atoms with E-state index in [2.05, 4.69) is 21.2 Å². The highest BCUT2D eigenvalue weighted by atomic mass is 79.9. The van der Waals surface area contributed by atoms with Crippen molar-refractivity contribution in [2.45, 2.75) is 18.9 Å². The first-order valence-corrected chi connectivity index (χ1v) is 6.31. The van der Waals surface area contributed by atoms with Crippen molar-refractivity contribution in [2.24, 2.45) is 0 Å². The van der Waals surface area contributed by atoms with Gasteiger partial charge in [-0.15, -0.1) is 0 Å². The SMILES string of the molecule is CCC(CO)(CO)Nc1cc(Br)c(F)cc1[N+](=O)[O-]. The van der Waals surface area contributed by atoms with E-state index in [-0.39, 0.29) is 10.2 Å². The number of aliphatic hydroxyl groups excluding tert-OH is 2. The first kappa shape index (κ1) is 15.8. The van der Waals surface area contributed by atoms with Crippen molar-refractivity contribution in [3.63, 3.8) is 0 Å². The molecule has 0 amide bonds. The van der Waals surface area contributed by atoms with E-state index >= 15 is 0 Å². The number of nitro benzene ring substituents is 1. The van der Waals surface area contributed by atoms with Gasteiger partial charge in [-0.3, -0.25) is 10.1 Å². The van der Waals surface area contributed by atoms with Crippen LogP contribution < -0.4 is 5.32 Å². The Kier molecular flexibility index (Phi) is 5.21. The van der Waals surface area contributed by atoms with Gasteiger partial charge < -0.3 is 15.5 Å². The van der Waals surface area contributed by atoms with Gasteiger partial charge in [-0.2, -0.15) is 0 Å². The fourth-order valence-corrected chi connectivity index (χ4v) is 1.86. The topological polar surface area (TPSA) is 95.6 Å². The first-order valence-electron chi connectivity index (χ1n) is 5.52. The predicted molar refractivity (Wildman–Crippen MR) is 71.6 cm³/mol. The highest BCUT2D eigenvalue weighted by molar-refractivity contribution is 9.10. The third-order valence-corrected chi connectivity index (χ3v) is 3.52. The molecule has 0 aliphatic carbocycles. The molecule has 0 bridgehead atoms. The minimum atomic E-state index is -1.10. The monoisotopic (exact) mass is 336 g/mol. The number of nitrogens with zero attached hydrogens (tertiary/aromatic N) is 1. The van der Waals surface area contributed by atoms with Crippen LogP contribution in [0.4, 0.5) is 15.8 Å². The van der Waals surface area contributed by atoms with Gasteiger partial charge in [-0.25, -0.2) is 4.39 Å². The first-order chi connectivity index (χ1) is 8.89. The Hall–Kier alpha value is -1.25. The number of hydrogen-bond donors (Lipinski definition) is 3. The fraction of sp³-hybridized carbons (Fsp3) is 0.455. The molecule has 6 nitrogen and oxygen atoms in total. The van der Waals surface area contributed by atoms with Crippen LogP contribution >= 0.6 is 15.9 Å². The Balaban J connectivity index is 3.26. The maximum atomic E-state index is 13.3. The van der Waals surface area contributed by atoms with Gasteiger partial charge in [0.15, 0.2) is 0 Å². The summed E-state index contributed by atoms with van der Waals surface area (Å²) in [6.45, 7) is 0.891. The number of anilines is 1. The van der Waals surface area contributed by atoms with E-state index in [1.807, 2.05) is 0 Å². The largest absolute Gasteiger partial charge is 0.394 e. The van der Waals surface area contributed by atoms with Crippen LogP contribution in [0.15, 0.2) is 16.6 Å². The molecule has 3 N–H and O–H groups in total. The molecule has 19 heavy (non-hydrogen) atoms. The summed E-state index contributed by atoms with van der Waals surface area (Å²) >= 11 is 2.94. The zero-order valence-corrected chi connectivity index (χ0v) is 11.8. The number of nitro groups is 1. The van der Waals surface area contributed by atoms with Crippen LogP contribution in [0.1, 0.15) is 13.3 Å². The van der Waals surface area contributed by atoms with Gasteiger partial charge >= 0.3 is 0 Å². The maximum absolute atomic E-state index is 13.3. The molecular weight excluding hydrogens is 323 g/mol. The van der Waals surface area contributed by atoms with Crippen molar-refractivity contribution in [2.75, 3.05) is 18.5 Å². The normalized spacial score (nSPS) is 11.4. The highest BCUT2D eigenvalue weighted by Gasteiger charge is 2.30. The van der Waals surface area contributed by atoms with Crippen molar-refractivity contribution in [3.05, 3.63) is 32.5 Å². The Labute approximate surface area is 117 Å². The van der Waals surface area contributed by atoms with E-state index in [9.17, 15) is 24.7 Å². The van der Waals surface area contributed by atoms with Gasteiger partial charge in [-0.05, 0) is 28.4 Å². The lowest BCUT2D eigenvalue weighted by Gasteiger charge is -2.30. The Morgan fingerprint density at radius 3 is 2.47 bits per heavy atom. The average molecular weight is 337 g/mol. The van der Waals surface area contributed by atoms with E-state index in [4.69, 9.17) is 0 Å². The third kappa shape index (κ3) is 3.40. The van der Waals surface area contributed by atoms with Crippen molar-refractivity contribution >= 4 is 27.3 Å². The molecule has 0 aliphatic heterocycles. The second kappa shape index (κ2) is 6.27. The summed E-state index contributed by atoms with van der Waals surface area (Å²) in [6.07, 6.45) is 0.339. The summed E-state index contributed by atoms with van der Waals surface area (Å²) in [7, 11) is 0. The number of benzene rings is 1. The molecule has 0 spiro atoms. The van der Waals surface area contributed by atoms with Crippen molar-refractivity contribution in [3.8, 4) is 0 Å². The molecule has 0 fully saturated rings. The van der Waals surface area contributed by atoms with Gasteiger partial charge in [0.1, 0.15) is 11.5 Å². The predicted octanol–water partition coefficient (Wildman–Crippen LogP) is 2.04. The molecule has 106 valence electrons. The highest BCUT2D eigenvalue weighted by Crippen LogP contribution is 2.33. The number of rotatable bonds is 6. The molecule has 0 aromatic heterocycles. The van der Waals surface area contributed by atoms with Crippen LogP contribution in [0.3, 0.4) is 0 Å². The van der Waals surface area contributed by atoms with Crippen LogP contribution in [0.25, 0.3) is 0 Å². The van der Waals surface area contributed by atoms with Crippen molar-refractivity contribution in [1.29, 1.82) is 0 Å². The summed E-state index contributed by atoms with van der Waals surface area (Å²) in [5.41, 5.74) is -1.52. The molecular formula is C11H14BrFN2O4. The molecule has 0 radical (unpaired) electrons. The van der Waals surface area contributed by atoms with Crippen LogP contribution in [-0.2, 0) is 0 Å². The molecule has 0 saturated heterocycles. The second-order valence-corrected chi connectivity index (χ2v) is 4.97. The lowest BCUT2D eigenvalue weighted by atomic mass is 9.98. The number of nitrogens with one attached hydrogen (secondary N) is 1. The maximum Gasteiger partial charge on any atom is 0.295 e. The van der Waals surface area contributed by atoms with Gasteiger partial charge in [0.25, 0.3) is 5.69 Å². The summed E-state index contributed by atoms with van der Waals surface area (Å²) < 4.78 is 13.4. The molecule has 0 atom stereocenters. The smallest absolute Gasteiger partial charge is 0.295 e. The van der Waals surface area contributed by atoms with E-state index in [1.54, 1.807) is 6.92 Å². The fourth-order valence-electron chi connectivity index (χ4n) is 1.51. The molecule has 1 rings (SSSR count). The summed E-state index contributed by atoms with van der Waals surface area (Å²) in [6, 6.07) is 1.99. The van der Waals surface area contributed by atoms with E-state index < -0.39 is 35.2 Å². The van der Waals surface area contributed by atoms with Crippen LogP contribution in [0.2, 0.25) is 0 Å². The number of hydrogen-bond acceptors (Lipinski definition) is 5. The summed E-state index contributed by atoms with van der Waals surface area (Å²) in [4.78, 5) is 10.2. The van der Waals surface area contributed by atoms with Gasteiger partial charge in [0.2, 0.25) is 0 Å². The molecule has 0 aliphatic rings. The quantitative estimate of drug-likeness (QED) is 0.545. The second-order valence-electron chi connectivity index (χ2n) is 4.12. The van der Waals surface area contributed by atoms with Crippen molar-refractivity contribution < 1.29 is 19.5 Å². The average Bonchev–Trinajstić information content (AvgIpc) is 2.39. The minimum absolute atomic E-state index is 0.0308. The standard InChI is InChI=1S/C11H14BrFN2O4/c1-2-11(5-16,6-17)14-9-3-7(12)8(13)4-10(9)15(18)19/h3-4,14,16-17H,2,5-6H2,1H3. The van der Waals surface area contributed by atoms with Crippen LogP contribution in [0, 0.1) is 15.9 Å². The Morgan fingerprint density at radius 1 is 1.47 bits per heavy atom. The van der Waals surface area contributed by atoms with E-state index in [0.717, 1.165) is 6.07 Å². The third-order valence-electron chi connectivity index (χ3n) is 2.92. The van der Waals surface area contributed by atoms with Crippen LogP contribution in [0.5, 0.6) is 0 Å². The number of aliphatic hydroxyl groups is 2. The zero-order valence-electron chi connectivity index (χ0n) is 10.2. The summed E-state index contributed by atoms with van der Waals surface area (Å²) in [5.74, 6) is -0.757. The van der Waals surface area contributed by atoms with Gasteiger partial charge in [-0.1, -0.05) is 6.92 Å². The summed E-state index contributed by atoms with van der Waals surface area (Å²) in [5, 5.41) is 32.2. The molecule has 0 heterocycles.